The monoisotopic (exact) mass is 415 g/mol. The van der Waals surface area contributed by atoms with Crippen molar-refractivity contribution in [2.75, 3.05) is 13.2 Å². The molecule has 0 heterocycles. The normalized spacial score (nSPS) is 11.0. The van der Waals surface area contributed by atoms with Gasteiger partial charge in [-0.25, -0.2) is 0 Å². The van der Waals surface area contributed by atoms with Crippen molar-refractivity contribution in [2.24, 2.45) is 5.92 Å². The Morgan fingerprint density at radius 2 is 1.65 bits per heavy atom. The molecule has 0 spiro atoms. The van der Waals surface area contributed by atoms with E-state index in [1.807, 2.05) is 19.1 Å². The standard InChI is InChI=1S/C20H24Cl3NO2/c1-4-25-19-8-15(11-24-10-13(2)3)17(22)9-20(19)26-12-14-5-6-16(21)18(23)7-14/h5-9,13,24H,4,10-12H2,1-3H3. The van der Waals surface area contributed by atoms with Crippen molar-refractivity contribution in [3.8, 4) is 11.5 Å². The molecule has 2 rings (SSSR count). The van der Waals surface area contributed by atoms with Crippen molar-refractivity contribution in [2.45, 2.75) is 33.9 Å². The Bertz CT molecular complexity index is 735. The Hall–Kier alpha value is -1.13. The number of ether oxygens (including phenoxy) is 2. The molecule has 6 heteroatoms. The Labute approximate surface area is 170 Å². The highest BCUT2D eigenvalue weighted by Crippen LogP contribution is 2.34. The van der Waals surface area contributed by atoms with E-state index >= 15 is 0 Å². The van der Waals surface area contributed by atoms with Crippen LogP contribution in [0.15, 0.2) is 30.3 Å². The number of hydrogen-bond donors (Lipinski definition) is 1. The first-order valence-corrected chi connectivity index (χ1v) is 9.76. The lowest BCUT2D eigenvalue weighted by Gasteiger charge is -2.16. The van der Waals surface area contributed by atoms with E-state index in [1.165, 1.54) is 0 Å². The molecule has 0 atom stereocenters. The fraction of sp³-hybridized carbons (Fsp3) is 0.400. The van der Waals surface area contributed by atoms with Gasteiger partial charge in [0.05, 0.1) is 16.7 Å². The molecule has 0 aliphatic carbocycles. The van der Waals surface area contributed by atoms with E-state index in [-0.39, 0.29) is 0 Å². The largest absolute Gasteiger partial charge is 0.490 e. The molecule has 0 bridgehead atoms. The highest BCUT2D eigenvalue weighted by atomic mass is 35.5. The van der Waals surface area contributed by atoms with Crippen molar-refractivity contribution in [3.05, 3.63) is 56.5 Å². The van der Waals surface area contributed by atoms with Crippen LogP contribution in [0.2, 0.25) is 15.1 Å². The van der Waals surface area contributed by atoms with Crippen LogP contribution in [0, 0.1) is 5.92 Å². The van der Waals surface area contributed by atoms with Crippen LogP contribution in [-0.2, 0) is 13.2 Å². The molecule has 0 amide bonds. The summed E-state index contributed by atoms with van der Waals surface area (Å²) in [5.74, 6) is 1.86. The quantitative estimate of drug-likeness (QED) is 0.515. The Morgan fingerprint density at radius 3 is 2.31 bits per heavy atom. The number of rotatable bonds is 9. The Balaban J connectivity index is 2.13. The third-order valence-electron chi connectivity index (χ3n) is 3.66. The van der Waals surface area contributed by atoms with Gasteiger partial charge in [-0.15, -0.1) is 0 Å². The minimum atomic E-state index is 0.345. The second kappa shape index (κ2) is 10.3. The van der Waals surface area contributed by atoms with Crippen LogP contribution in [0.5, 0.6) is 11.5 Å². The highest BCUT2D eigenvalue weighted by molar-refractivity contribution is 6.42. The molecule has 26 heavy (non-hydrogen) atoms. The third-order valence-corrected chi connectivity index (χ3v) is 4.75. The lowest BCUT2D eigenvalue weighted by Crippen LogP contribution is -2.19. The molecule has 3 nitrogen and oxygen atoms in total. The SMILES string of the molecule is CCOc1cc(CNCC(C)C)c(Cl)cc1OCc1ccc(Cl)c(Cl)c1. The molecule has 0 saturated heterocycles. The molecule has 142 valence electrons. The maximum atomic E-state index is 6.43. The molecular weight excluding hydrogens is 393 g/mol. The van der Waals surface area contributed by atoms with Crippen LogP contribution in [0.4, 0.5) is 0 Å². The van der Waals surface area contributed by atoms with Crippen molar-refractivity contribution in [3.63, 3.8) is 0 Å². The van der Waals surface area contributed by atoms with Gasteiger partial charge in [-0.05, 0) is 48.7 Å². The predicted molar refractivity (Wildman–Crippen MR) is 110 cm³/mol. The van der Waals surface area contributed by atoms with Crippen LogP contribution < -0.4 is 14.8 Å². The molecule has 2 aromatic carbocycles. The predicted octanol–water partition coefficient (Wildman–Crippen LogP) is 6.37. The maximum Gasteiger partial charge on any atom is 0.163 e. The van der Waals surface area contributed by atoms with E-state index in [2.05, 4.69) is 19.2 Å². The van der Waals surface area contributed by atoms with Crippen LogP contribution >= 0.6 is 34.8 Å². The summed E-state index contributed by atoms with van der Waals surface area (Å²) in [4.78, 5) is 0. The zero-order chi connectivity index (χ0) is 19.1. The average molecular weight is 417 g/mol. The van der Waals surface area contributed by atoms with Gasteiger partial charge in [0.1, 0.15) is 6.61 Å². The van der Waals surface area contributed by atoms with E-state index in [9.17, 15) is 0 Å². The molecular formula is C20H24Cl3NO2. The van der Waals surface area contributed by atoms with Crippen molar-refractivity contribution in [1.29, 1.82) is 0 Å². The third kappa shape index (κ3) is 6.24. The zero-order valence-electron chi connectivity index (χ0n) is 15.2. The molecule has 0 radical (unpaired) electrons. The maximum absolute atomic E-state index is 6.43. The number of hydrogen-bond acceptors (Lipinski definition) is 3. The fourth-order valence-corrected chi connectivity index (χ4v) is 2.92. The summed E-state index contributed by atoms with van der Waals surface area (Å²) < 4.78 is 11.7. The molecule has 1 N–H and O–H groups in total. The first-order chi connectivity index (χ1) is 12.4. The minimum absolute atomic E-state index is 0.345. The first-order valence-electron chi connectivity index (χ1n) is 8.63. The van der Waals surface area contributed by atoms with Crippen LogP contribution in [0.25, 0.3) is 0 Å². The van der Waals surface area contributed by atoms with Gasteiger partial charge in [0.2, 0.25) is 0 Å². The van der Waals surface area contributed by atoms with E-state index in [0.717, 1.165) is 17.7 Å². The van der Waals surface area contributed by atoms with Gasteiger partial charge in [0.25, 0.3) is 0 Å². The van der Waals surface area contributed by atoms with Gasteiger partial charge < -0.3 is 14.8 Å². The van der Waals surface area contributed by atoms with E-state index in [4.69, 9.17) is 44.3 Å². The van der Waals surface area contributed by atoms with E-state index in [1.54, 1.807) is 18.2 Å². The molecule has 0 saturated carbocycles. The second-order valence-electron chi connectivity index (χ2n) is 6.39. The van der Waals surface area contributed by atoms with Crippen LogP contribution in [0.1, 0.15) is 31.9 Å². The molecule has 0 aromatic heterocycles. The smallest absolute Gasteiger partial charge is 0.163 e. The average Bonchev–Trinajstić information content (AvgIpc) is 2.59. The summed E-state index contributed by atoms with van der Waals surface area (Å²) in [5, 5.41) is 5.06. The van der Waals surface area contributed by atoms with E-state index in [0.29, 0.717) is 52.2 Å². The van der Waals surface area contributed by atoms with Gasteiger partial charge in [-0.1, -0.05) is 54.7 Å². The topological polar surface area (TPSA) is 30.5 Å². The van der Waals surface area contributed by atoms with Crippen molar-refractivity contribution in [1.82, 2.24) is 5.32 Å². The fourth-order valence-electron chi connectivity index (χ4n) is 2.38. The van der Waals surface area contributed by atoms with Crippen molar-refractivity contribution >= 4 is 34.8 Å². The molecule has 0 aliphatic rings. The number of benzene rings is 2. The zero-order valence-corrected chi connectivity index (χ0v) is 17.5. The van der Waals surface area contributed by atoms with Gasteiger partial charge >= 0.3 is 0 Å². The summed E-state index contributed by atoms with van der Waals surface area (Å²) in [5.41, 5.74) is 1.90. The van der Waals surface area contributed by atoms with Gasteiger partial charge in [0.15, 0.2) is 11.5 Å². The second-order valence-corrected chi connectivity index (χ2v) is 7.61. The summed E-state index contributed by atoms with van der Waals surface area (Å²) in [7, 11) is 0. The summed E-state index contributed by atoms with van der Waals surface area (Å²) in [6.45, 7) is 8.77. The summed E-state index contributed by atoms with van der Waals surface area (Å²) in [6.07, 6.45) is 0. The van der Waals surface area contributed by atoms with E-state index < -0.39 is 0 Å². The molecule has 0 aliphatic heterocycles. The lowest BCUT2D eigenvalue weighted by atomic mass is 10.1. The minimum Gasteiger partial charge on any atom is -0.490 e. The Morgan fingerprint density at radius 1 is 0.923 bits per heavy atom. The summed E-state index contributed by atoms with van der Waals surface area (Å²) >= 11 is 18.4. The lowest BCUT2D eigenvalue weighted by molar-refractivity contribution is 0.269. The summed E-state index contributed by atoms with van der Waals surface area (Å²) in [6, 6.07) is 9.15. The number of halogens is 3. The van der Waals surface area contributed by atoms with Gasteiger partial charge in [-0.2, -0.15) is 0 Å². The molecule has 0 unspecified atom stereocenters. The highest BCUT2D eigenvalue weighted by Gasteiger charge is 2.12. The Kier molecular flexibility index (Phi) is 8.36. The molecule has 2 aromatic rings. The van der Waals surface area contributed by atoms with Crippen molar-refractivity contribution < 1.29 is 9.47 Å². The van der Waals surface area contributed by atoms with Gasteiger partial charge in [0, 0.05) is 17.6 Å². The van der Waals surface area contributed by atoms with Crippen LogP contribution in [0.3, 0.4) is 0 Å². The van der Waals surface area contributed by atoms with Crippen LogP contribution in [-0.4, -0.2) is 13.2 Å². The van der Waals surface area contributed by atoms with Gasteiger partial charge in [-0.3, -0.25) is 0 Å². The molecule has 0 fully saturated rings. The number of nitrogens with one attached hydrogen (secondary N) is 1. The first kappa shape index (κ1) is 21.2.